The van der Waals surface area contributed by atoms with Crippen LogP contribution in [0.25, 0.3) is 11.3 Å². The molecule has 0 saturated carbocycles. The number of hydrogen-bond acceptors (Lipinski definition) is 6. The minimum atomic E-state index is -0.405. The van der Waals surface area contributed by atoms with E-state index in [1.54, 1.807) is 36.4 Å². The Morgan fingerprint density at radius 2 is 1.41 bits per heavy atom. The fourth-order valence-corrected chi connectivity index (χ4v) is 4.38. The number of hydrogen-bond donors (Lipinski definition) is 0. The molecular formula is C35H43NO5. The van der Waals surface area contributed by atoms with E-state index in [0.717, 1.165) is 68.4 Å². The molecule has 0 aliphatic carbocycles. The first-order valence-electron chi connectivity index (χ1n) is 14.9. The molecule has 0 fully saturated rings. The standard InChI is InChI=1S/C35H43NO5/c1-3-5-11-14-28-15-24-33(36-27-28)29-16-22-32(23-17-29)41-35(38)30-18-20-31(21-19-30)39-25-12-9-7-6-8-10-13-26-40-34(37)4-2/h4,15-24,27H,2-3,5-14,25-26H2,1H3. The van der Waals surface area contributed by atoms with E-state index in [1.165, 1.54) is 30.9 Å². The lowest BCUT2D eigenvalue weighted by atomic mass is 10.1. The third-order valence-electron chi connectivity index (χ3n) is 6.81. The highest BCUT2D eigenvalue weighted by molar-refractivity contribution is 5.91. The molecule has 0 aliphatic heterocycles. The zero-order chi connectivity index (χ0) is 29.1. The Hall–Kier alpha value is -3.93. The van der Waals surface area contributed by atoms with Crippen LogP contribution in [0.4, 0.5) is 0 Å². The van der Waals surface area contributed by atoms with Crippen molar-refractivity contribution >= 4 is 11.9 Å². The summed E-state index contributed by atoms with van der Waals surface area (Å²) in [6.45, 7) is 6.70. The van der Waals surface area contributed by atoms with Crippen molar-refractivity contribution in [1.82, 2.24) is 4.98 Å². The summed E-state index contributed by atoms with van der Waals surface area (Å²) in [5.41, 5.74) is 3.61. The Bertz CT molecular complexity index is 1190. The van der Waals surface area contributed by atoms with E-state index in [9.17, 15) is 9.59 Å². The molecule has 0 radical (unpaired) electrons. The number of aromatic nitrogens is 1. The van der Waals surface area contributed by atoms with Gasteiger partial charge in [0.25, 0.3) is 0 Å². The molecule has 41 heavy (non-hydrogen) atoms. The minimum absolute atomic E-state index is 0.353. The first-order chi connectivity index (χ1) is 20.1. The second kappa shape index (κ2) is 18.4. The summed E-state index contributed by atoms with van der Waals surface area (Å²) in [6, 6.07) is 18.7. The fourth-order valence-electron chi connectivity index (χ4n) is 4.38. The smallest absolute Gasteiger partial charge is 0.343 e. The van der Waals surface area contributed by atoms with Crippen molar-refractivity contribution in [1.29, 1.82) is 0 Å². The molecule has 1 aromatic heterocycles. The Morgan fingerprint density at radius 1 is 0.756 bits per heavy atom. The van der Waals surface area contributed by atoms with Gasteiger partial charge < -0.3 is 14.2 Å². The zero-order valence-electron chi connectivity index (χ0n) is 24.3. The highest BCUT2D eigenvalue weighted by atomic mass is 16.5. The monoisotopic (exact) mass is 557 g/mol. The molecular weight excluding hydrogens is 514 g/mol. The average molecular weight is 558 g/mol. The molecule has 3 rings (SSSR count). The molecule has 6 heteroatoms. The first-order valence-corrected chi connectivity index (χ1v) is 14.9. The first kappa shape index (κ1) is 31.6. The fraction of sp³-hybridized carbons (Fsp3) is 0.400. The Balaban J connectivity index is 1.31. The van der Waals surface area contributed by atoms with Crippen LogP contribution >= 0.6 is 0 Å². The van der Waals surface area contributed by atoms with Crippen LogP contribution in [0.5, 0.6) is 11.5 Å². The van der Waals surface area contributed by atoms with Crippen molar-refractivity contribution < 1.29 is 23.8 Å². The summed E-state index contributed by atoms with van der Waals surface area (Å²) in [4.78, 5) is 28.2. The molecule has 0 atom stereocenters. The lowest BCUT2D eigenvalue weighted by Gasteiger charge is -2.08. The van der Waals surface area contributed by atoms with Gasteiger partial charge in [-0.25, -0.2) is 9.59 Å². The maximum absolute atomic E-state index is 12.6. The summed E-state index contributed by atoms with van der Waals surface area (Å²) in [5.74, 6) is 0.474. The molecule has 6 nitrogen and oxygen atoms in total. The molecule has 0 aliphatic rings. The number of aryl methyl sites for hydroxylation is 1. The Kier molecular flexibility index (Phi) is 14.2. The van der Waals surface area contributed by atoms with E-state index in [2.05, 4.69) is 24.6 Å². The molecule has 3 aromatic rings. The van der Waals surface area contributed by atoms with E-state index in [1.807, 2.05) is 24.4 Å². The predicted molar refractivity (Wildman–Crippen MR) is 163 cm³/mol. The highest BCUT2D eigenvalue weighted by Crippen LogP contribution is 2.22. The summed E-state index contributed by atoms with van der Waals surface area (Å²) in [6.07, 6.45) is 15.3. The van der Waals surface area contributed by atoms with Crippen molar-refractivity contribution in [2.75, 3.05) is 13.2 Å². The van der Waals surface area contributed by atoms with Crippen molar-refractivity contribution in [3.63, 3.8) is 0 Å². The third-order valence-corrected chi connectivity index (χ3v) is 6.81. The largest absolute Gasteiger partial charge is 0.494 e. The van der Waals surface area contributed by atoms with Crippen LogP contribution in [0.2, 0.25) is 0 Å². The van der Waals surface area contributed by atoms with Gasteiger partial charge in [-0.05, 0) is 85.8 Å². The van der Waals surface area contributed by atoms with Gasteiger partial charge in [0.15, 0.2) is 0 Å². The Labute approximate surface area is 244 Å². The molecule has 218 valence electrons. The van der Waals surface area contributed by atoms with Gasteiger partial charge in [0.1, 0.15) is 11.5 Å². The second-order valence-corrected chi connectivity index (χ2v) is 10.1. The van der Waals surface area contributed by atoms with Crippen LogP contribution < -0.4 is 9.47 Å². The number of benzene rings is 2. The molecule has 0 unspecified atom stereocenters. The van der Waals surface area contributed by atoms with Crippen LogP contribution in [-0.2, 0) is 16.0 Å². The number of esters is 2. The van der Waals surface area contributed by atoms with Gasteiger partial charge in [-0.15, -0.1) is 0 Å². The van der Waals surface area contributed by atoms with Crippen LogP contribution in [0.15, 0.2) is 79.5 Å². The minimum Gasteiger partial charge on any atom is -0.494 e. The second-order valence-electron chi connectivity index (χ2n) is 10.1. The molecule has 2 aromatic carbocycles. The van der Waals surface area contributed by atoms with Gasteiger partial charge in [0, 0.05) is 17.8 Å². The molecule has 0 saturated heterocycles. The normalized spacial score (nSPS) is 10.7. The SMILES string of the molecule is C=CC(=O)OCCCCCCCCCOc1ccc(C(=O)Oc2ccc(-c3ccc(CCCCC)cn3)cc2)cc1. The highest BCUT2D eigenvalue weighted by Gasteiger charge is 2.10. The number of ether oxygens (including phenoxy) is 3. The third kappa shape index (κ3) is 12.0. The summed E-state index contributed by atoms with van der Waals surface area (Å²) in [7, 11) is 0. The van der Waals surface area contributed by atoms with Crippen LogP contribution in [0.3, 0.4) is 0 Å². The van der Waals surface area contributed by atoms with E-state index in [0.29, 0.717) is 24.5 Å². The van der Waals surface area contributed by atoms with E-state index in [4.69, 9.17) is 14.2 Å². The van der Waals surface area contributed by atoms with Crippen molar-refractivity contribution in [2.24, 2.45) is 0 Å². The van der Waals surface area contributed by atoms with E-state index < -0.39 is 5.97 Å². The number of unbranched alkanes of at least 4 members (excludes halogenated alkanes) is 8. The number of pyridine rings is 1. The Morgan fingerprint density at radius 3 is 2.05 bits per heavy atom. The maximum Gasteiger partial charge on any atom is 0.343 e. The van der Waals surface area contributed by atoms with Crippen molar-refractivity contribution in [3.8, 4) is 22.8 Å². The number of carbonyl (C=O) groups excluding carboxylic acids is 2. The average Bonchev–Trinajstić information content (AvgIpc) is 3.01. The topological polar surface area (TPSA) is 74.7 Å². The van der Waals surface area contributed by atoms with E-state index >= 15 is 0 Å². The maximum atomic E-state index is 12.6. The number of nitrogens with zero attached hydrogens (tertiary/aromatic N) is 1. The summed E-state index contributed by atoms with van der Waals surface area (Å²) >= 11 is 0. The predicted octanol–water partition coefficient (Wildman–Crippen LogP) is 8.54. The molecule has 0 N–H and O–H groups in total. The van der Waals surface area contributed by atoms with Gasteiger partial charge in [0.2, 0.25) is 0 Å². The summed E-state index contributed by atoms with van der Waals surface area (Å²) < 4.78 is 16.4. The van der Waals surface area contributed by atoms with Gasteiger partial charge in [0.05, 0.1) is 24.5 Å². The quantitative estimate of drug-likeness (QED) is 0.0636. The summed E-state index contributed by atoms with van der Waals surface area (Å²) in [5, 5.41) is 0. The van der Waals surface area contributed by atoms with Crippen molar-refractivity contribution in [3.05, 3.63) is 90.6 Å². The molecule has 0 spiro atoms. The van der Waals surface area contributed by atoms with Crippen molar-refractivity contribution in [2.45, 2.75) is 77.6 Å². The van der Waals surface area contributed by atoms with E-state index in [-0.39, 0.29) is 5.97 Å². The van der Waals surface area contributed by atoms with Gasteiger partial charge in [-0.2, -0.15) is 0 Å². The van der Waals surface area contributed by atoms with Gasteiger partial charge in [-0.3, -0.25) is 4.98 Å². The molecule has 0 amide bonds. The molecule has 1 heterocycles. The van der Waals surface area contributed by atoms with Gasteiger partial charge in [-0.1, -0.05) is 64.5 Å². The van der Waals surface area contributed by atoms with Crippen LogP contribution in [0, 0.1) is 0 Å². The lowest BCUT2D eigenvalue weighted by Crippen LogP contribution is -2.08. The van der Waals surface area contributed by atoms with Gasteiger partial charge >= 0.3 is 11.9 Å². The number of rotatable bonds is 19. The number of carbonyl (C=O) groups is 2. The molecule has 0 bridgehead atoms. The van der Waals surface area contributed by atoms with Crippen LogP contribution in [-0.4, -0.2) is 30.1 Å². The zero-order valence-corrected chi connectivity index (χ0v) is 24.3. The lowest BCUT2D eigenvalue weighted by molar-refractivity contribution is -0.137. The van der Waals surface area contributed by atoms with Crippen LogP contribution in [0.1, 0.15) is 87.1 Å².